The van der Waals surface area contributed by atoms with E-state index >= 15 is 0 Å². The van der Waals surface area contributed by atoms with Gasteiger partial charge in [0.15, 0.2) is 5.58 Å². The SMILES string of the molecule is c1cc2ccc3ncnc3c2on1. The van der Waals surface area contributed by atoms with Crippen LogP contribution in [0.2, 0.25) is 0 Å². The summed E-state index contributed by atoms with van der Waals surface area (Å²) in [4.78, 5) is 8.17. The van der Waals surface area contributed by atoms with Crippen LogP contribution in [0.3, 0.4) is 0 Å². The Hall–Kier alpha value is -1.97. The van der Waals surface area contributed by atoms with Crippen LogP contribution in [-0.4, -0.2) is 15.1 Å². The normalized spacial score (nSPS) is 11.1. The van der Waals surface area contributed by atoms with Gasteiger partial charge in [-0.2, -0.15) is 0 Å². The fourth-order valence-electron chi connectivity index (χ4n) is 1.38. The second-order valence-corrected chi connectivity index (χ2v) is 2.74. The molecule has 0 saturated heterocycles. The van der Waals surface area contributed by atoms with E-state index in [1.54, 1.807) is 6.20 Å². The van der Waals surface area contributed by atoms with Crippen LogP contribution in [0.15, 0.2) is 35.2 Å². The van der Waals surface area contributed by atoms with Crippen LogP contribution in [0.5, 0.6) is 0 Å². The highest BCUT2D eigenvalue weighted by Crippen LogP contribution is 2.20. The zero-order valence-electron chi connectivity index (χ0n) is 6.64. The minimum atomic E-state index is 0.692. The maximum Gasteiger partial charge on any atom is 0.193 e. The Morgan fingerprint density at radius 3 is 3.08 bits per heavy atom. The Morgan fingerprint density at radius 1 is 1.08 bits per heavy atom. The minimum Gasteiger partial charge on any atom is -0.354 e. The Bertz CT molecular complexity index is 573. The molecule has 2 heterocycles. The van der Waals surface area contributed by atoms with Crippen LogP contribution in [-0.2, 0) is 0 Å². The van der Waals surface area contributed by atoms with Crippen LogP contribution in [0.25, 0.3) is 22.0 Å². The first-order chi connectivity index (χ1) is 6.45. The molecule has 1 aromatic carbocycles. The Morgan fingerprint density at radius 2 is 2.08 bits per heavy atom. The van der Waals surface area contributed by atoms with Gasteiger partial charge in [0.25, 0.3) is 0 Å². The molecule has 0 N–H and O–H groups in total. The van der Waals surface area contributed by atoms with Gasteiger partial charge >= 0.3 is 0 Å². The molecular formula is C9H5N3O. The van der Waals surface area contributed by atoms with Crippen LogP contribution < -0.4 is 0 Å². The third kappa shape index (κ3) is 0.823. The molecular weight excluding hydrogens is 166 g/mol. The van der Waals surface area contributed by atoms with Crippen LogP contribution in [0.1, 0.15) is 0 Å². The Labute approximate surface area is 73.2 Å². The number of imidazole rings is 1. The van der Waals surface area contributed by atoms with Gasteiger partial charge in [-0.05, 0) is 18.2 Å². The first-order valence-corrected chi connectivity index (χ1v) is 3.89. The summed E-state index contributed by atoms with van der Waals surface area (Å²) in [7, 11) is 0. The Balaban J connectivity index is 2.65. The molecule has 62 valence electrons. The summed E-state index contributed by atoms with van der Waals surface area (Å²) < 4.78 is 5.13. The van der Waals surface area contributed by atoms with E-state index in [9.17, 15) is 0 Å². The second kappa shape index (κ2) is 2.26. The summed E-state index contributed by atoms with van der Waals surface area (Å²) in [5, 5.41) is 4.69. The maximum absolute atomic E-state index is 5.13. The highest BCUT2D eigenvalue weighted by Gasteiger charge is 2.04. The van der Waals surface area contributed by atoms with Gasteiger partial charge < -0.3 is 4.52 Å². The van der Waals surface area contributed by atoms with E-state index in [4.69, 9.17) is 4.52 Å². The molecule has 4 nitrogen and oxygen atoms in total. The topological polar surface area (TPSA) is 51.8 Å². The molecule has 3 rings (SSSR count). The van der Waals surface area contributed by atoms with Crippen molar-refractivity contribution in [1.29, 1.82) is 0 Å². The standard InChI is InChI=1S/C9H5N3O/c1-2-7-8(11-5-10-7)9-6(1)3-4-12-13-9/h1-5H. The van der Waals surface area contributed by atoms with E-state index in [-0.39, 0.29) is 0 Å². The third-order valence-corrected chi connectivity index (χ3v) is 1.98. The molecule has 3 aromatic rings. The minimum absolute atomic E-state index is 0.692. The molecule has 2 aromatic heterocycles. The Kier molecular flexibility index (Phi) is 1.14. The van der Waals surface area contributed by atoms with Crippen molar-refractivity contribution in [2.24, 2.45) is 0 Å². The predicted octanol–water partition coefficient (Wildman–Crippen LogP) is 1.77. The van der Waals surface area contributed by atoms with Crippen LogP contribution in [0.4, 0.5) is 0 Å². The van der Waals surface area contributed by atoms with E-state index in [1.807, 2.05) is 18.2 Å². The van der Waals surface area contributed by atoms with E-state index in [1.165, 1.54) is 6.33 Å². The van der Waals surface area contributed by atoms with Gasteiger partial charge in [0.05, 0.1) is 11.7 Å². The zero-order chi connectivity index (χ0) is 8.67. The van der Waals surface area contributed by atoms with Crippen LogP contribution >= 0.6 is 0 Å². The average Bonchev–Trinajstić information content (AvgIpc) is 2.65. The van der Waals surface area contributed by atoms with Crippen molar-refractivity contribution < 1.29 is 4.52 Å². The summed E-state index contributed by atoms with van der Waals surface area (Å²) in [5.74, 6) is 0. The highest BCUT2D eigenvalue weighted by atomic mass is 16.5. The number of hydrogen-bond acceptors (Lipinski definition) is 4. The predicted molar refractivity (Wildman–Crippen MR) is 47.1 cm³/mol. The van der Waals surface area contributed by atoms with Crippen LogP contribution in [0, 0.1) is 0 Å². The maximum atomic E-state index is 5.13. The van der Waals surface area contributed by atoms with E-state index < -0.39 is 0 Å². The molecule has 13 heavy (non-hydrogen) atoms. The van der Waals surface area contributed by atoms with Crippen molar-refractivity contribution in [3.63, 3.8) is 0 Å². The lowest BCUT2D eigenvalue weighted by molar-refractivity contribution is 0.444. The molecule has 0 radical (unpaired) electrons. The molecule has 0 bridgehead atoms. The van der Waals surface area contributed by atoms with Gasteiger partial charge in [0, 0.05) is 5.39 Å². The molecule has 0 amide bonds. The first-order valence-electron chi connectivity index (χ1n) is 3.89. The summed E-state index contributed by atoms with van der Waals surface area (Å²) >= 11 is 0. The van der Waals surface area contributed by atoms with Gasteiger partial charge in [0.2, 0.25) is 0 Å². The van der Waals surface area contributed by atoms with Crippen molar-refractivity contribution in [2.45, 2.75) is 0 Å². The number of aromatic nitrogens is 3. The quantitative estimate of drug-likeness (QED) is 0.517. The van der Waals surface area contributed by atoms with Gasteiger partial charge in [-0.3, -0.25) is 0 Å². The number of fused-ring (bicyclic) bond motifs is 3. The van der Waals surface area contributed by atoms with Gasteiger partial charge in [0.1, 0.15) is 11.8 Å². The fraction of sp³-hybridized carbons (Fsp3) is 0. The van der Waals surface area contributed by atoms with Crippen molar-refractivity contribution >= 4 is 22.0 Å². The fourth-order valence-corrected chi connectivity index (χ4v) is 1.38. The smallest absolute Gasteiger partial charge is 0.193 e. The molecule has 0 aliphatic rings. The molecule has 0 saturated carbocycles. The number of rotatable bonds is 0. The molecule has 4 heteroatoms. The first kappa shape index (κ1) is 6.54. The van der Waals surface area contributed by atoms with Crippen molar-refractivity contribution in [1.82, 2.24) is 15.1 Å². The molecule has 0 spiro atoms. The number of benzene rings is 1. The summed E-state index contributed by atoms with van der Waals surface area (Å²) in [6.45, 7) is 0. The van der Waals surface area contributed by atoms with Gasteiger partial charge in [-0.25, -0.2) is 9.97 Å². The number of hydrogen-bond donors (Lipinski definition) is 0. The van der Waals surface area contributed by atoms with E-state index in [0.717, 1.165) is 16.4 Å². The molecule has 0 aliphatic carbocycles. The van der Waals surface area contributed by atoms with E-state index in [2.05, 4.69) is 15.1 Å². The largest absolute Gasteiger partial charge is 0.354 e. The van der Waals surface area contributed by atoms with E-state index in [0.29, 0.717) is 5.58 Å². The molecule has 0 atom stereocenters. The summed E-state index contributed by atoms with van der Waals surface area (Å²) in [6, 6.07) is 5.74. The summed E-state index contributed by atoms with van der Waals surface area (Å²) in [5.41, 5.74) is 2.30. The van der Waals surface area contributed by atoms with Crippen molar-refractivity contribution in [3.8, 4) is 0 Å². The lowest BCUT2D eigenvalue weighted by Gasteiger charge is -1.93. The third-order valence-electron chi connectivity index (χ3n) is 1.98. The van der Waals surface area contributed by atoms with Crippen molar-refractivity contribution in [3.05, 3.63) is 30.7 Å². The van der Waals surface area contributed by atoms with Gasteiger partial charge in [-0.1, -0.05) is 5.16 Å². The molecule has 0 aliphatic heterocycles. The lowest BCUT2D eigenvalue weighted by atomic mass is 10.2. The molecule has 0 fully saturated rings. The zero-order valence-corrected chi connectivity index (χ0v) is 6.64. The van der Waals surface area contributed by atoms with Crippen molar-refractivity contribution in [2.75, 3.05) is 0 Å². The second-order valence-electron chi connectivity index (χ2n) is 2.74. The highest BCUT2D eigenvalue weighted by molar-refractivity contribution is 5.99. The summed E-state index contributed by atoms with van der Waals surface area (Å²) in [6.07, 6.45) is 3.14. The lowest BCUT2D eigenvalue weighted by Crippen LogP contribution is -1.77. The number of nitrogens with zero attached hydrogens (tertiary/aromatic N) is 3. The average molecular weight is 171 g/mol. The monoisotopic (exact) mass is 171 g/mol. The van der Waals surface area contributed by atoms with Gasteiger partial charge in [-0.15, -0.1) is 0 Å². The molecule has 0 unspecified atom stereocenters.